The summed E-state index contributed by atoms with van der Waals surface area (Å²) in [7, 11) is -0.939. The van der Waals surface area contributed by atoms with Gasteiger partial charge in [-0.2, -0.15) is 0 Å². The molecule has 218 valence electrons. The number of hydrogen-bond acceptors (Lipinski definition) is 5. The summed E-state index contributed by atoms with van der Waals surface area (Å²) in [6.45, 7) is 0. The molecule has 0 bridgehead atoms. The molecule has 0 saturated heterocycles. The number of furan rings is 1. The minimum atomic E-state index is -3.77. The smallest absolute Gasteiger partial charge is 0.255 e. The first-order valence-corrected chi connectivity index (χ1v) is 14.8. The fourth-order valence-corrected chi connectivity index (χ4v) is 5.48. The zero-order valence-electron chi connectivity index (χ0n) is 23.0. The highest BCUT2D eigenvalue weighted by Crippen LogP contribution is 2.41. The fraction of sp³-hybridized carbons (Fsp3) is 0.0968. The first-order valence-electron chi connectivity index (χ1n) is 12.9. The van der Waals surface area contributed by atoms with Gasteiger partial charge in [0.1, 0.15) is 34.4 Å². The Kier molecular flexibility index (Phi) is 6.73. The molecule has 0 radical (unpaired) electrons. The standard InChI is InChI=1S/C31H23F3N4O4S/c1-35-31(39)28-24-15-23(25-9-6-18-10-11-38(30(18)36-25)22-13-20(33)12-21(34)14-22)26(37(2)43(3,40)41)16-27(24)42-29(28)17-4-7-19(32)8-5-17/h4-16H,1-3H3,(H,35,39). The third-order valence-corrected chi connectivity index (χ3v) is 8.33. The van der Waals surface area contributed by atoms with Gasteiger partial charge in [0.25, 0.3) is 5.91 Å². The van der Waals surface area contributed by atoms with Crippen molar-refractivity contribution in [3.05, 3.63) is 102 Å². The van der Waals surface area contributed by atoms with Gasteiger partial charge in [0.05, 0.1) is 28.9 Å². The zero-order chi connectivity index (χ0) is 30.6. The summed E-state index contributed by atoms with van der Waals surface area (Å²) in [6, 6.07) is 16.8. The molecule has 43 heavy (non-hydrogen) atoms. The van der Waals surface area contributed by atoms with Crippen LogP contribution in [0.4, 0.5) is 18.9 Å². The maximum atomic E-state index is 14.0. The van der Waals surface area contributed by atoms with E-state index in [0.29, 0.717) is 33.2 Å². The van der Waals surface area contributed by atoms with E-state index in [1.165, 1.54) is 61.1 Å². The lowest BCUT2D eigenvalue weighted by atomic mass is 10.0. The number of carbonyl (C=O) groups excluding carboxylic acids is 1. The number of pyridine rings is 1. The molecule has 0 saturated carbocycles. The molecule has 0 aliphatic rings. The molecular formula is C31H23F3N4O4S. The van der Waals surface area contributed by atoms with Crippen LogP contribution in [0.25, 0.3) is 50.3 Å². The number of hydrogen-bond donors (Lipinski definition) is 1. The Morgan fingerprint density at radius 3 is 2.28 bits per heavy atom. The van der Waals surface area contributed by atoms with Gasteiger partial charge < -0.3 is 14.3 Å². The fourth-order valence-electron chi connectivity index (χ4n) is 4.98. The van der Waals surface area contributed by atoms with Crippen molar-refractivity contribution in [2.75, 3.05) is 24.7 Å². The number of nitrogens with zero attached hydrogens (tertiary/aromatic N) is 3. The molecule has 0 aliphatic carbocycles. The van der Waals surface area contributed by atoms with Crippen LogP contribution in [0.3, 0.4) is 0 Å². The number of sulfonamides is 1. The first kappa shape index (κ1) is 28.0. The number of carbonyl (C=O) groups is 1. The number of anilines is 1. The number of benzene rings is 3. The van der Waals surface area contributed by atoms with E-state index < -0.39 is 33.4 Å². The van der Waals surface area contributed by atoms with Gasteiger partial charge in [-0.25, -0.2) is 26.6 Å². The van der Waals surface area contributed by atoms with E-state index in [4.69, 9.17) is 9.40 Å². The Labute approximate surface area is 244 Å². The molecule has 1 amide bonds. The molecule has 6 rings (SSSR count). The third kappa shape index (κ3) is 4.99. The molecule has 3 aromatic carbocycles. The number of halogens is 3. The molecule has 0 atom stereocenters. The number of nitrogens with one attached hydrogen (secondary N) is 1. The highest BCUT2D eigenvalue weighted by molar-refractivity contribution is 7.92. The largest absolute Gasteiger partial charge is 0.455 e. The van der Waals surface area contributed by atoms with Crippen LogP contribution in [0.2, 0.25) is 0 Å². The predicted molar refractivity (Wildman–Crippen MR) is 158 cm³/mol. The van der Waals surface area contributed by atoms with Crippen molar-refractivity contribution < 1.29 is 30.8 Å². The zero-order valence-corrected chi connectivity index (χ0v) is 23.8. The quantitative estimate of drug-likeness (QED) is 0.242. The monoisotopic (exact) mass is 604 g/mol. The summed E-state index contributed by atoms with van der Waals surface area (Å²) in [6.07, 6.45) is 2.67. The Hall–Kier alpha value is -5.10. The van der Waals surface area contributed by atoms with Crippen LogP contribution in [-0.2, 0) is 10.0 Å². The van der Waals surface area contributed by atoms with Crippen LogP contribution in [0.5, 0.6) is 0 Å². The van der Waals surface area contributed by atoms with Crippen LogP contribution in [0, 0.1) is 17.5 Å². The maximum Gasteiger partial charge on any atom is 0.255 e. The SMILES string of the molecule is CNC(=O)c1c(-c2ccc(F)cc2)oc2cc(N(C)S(C)(=O)=O)c(-c3ccc4ccn(-c5cc(F)cc(F)c5)c4n3)cc12. The van der Waals surface area contributed by atoms with Gasteiger partial charge in [-0.15, -0.1) is 0 Å². The average molecular weight is 605 g/mol. The molecule has 0 aliphatic heterocycles. The van der Waals surface area contributed by atoms with Gasteiger partial charge in [-0.3, -0.25) is 9.10 Å². The summed E-state index contributed by atoms with van der Waals surface area (Å²) in [5.74, 6) is -2.28. The van der Waals surface area contributed by atoms with Crippen LogP contribution >= 0.6 is 0 Å². The molecule has 6 aromatic rings. The molecule has 3 aromatic heterocycles. The van der Waals surface area contributed by atoms with Crippen LogP contribution in [-0.4, -0.2) is 44.2 Å². The summed E-state index contributed by atoms with van der Waals surface area (Å²) in [4.78, 5) is 17.9. The van der Waals surface area contributed by atoms with Gasteiger partial charge in [-0.05, 0) is 60.7 Å². The summed E-state index contributed by atoms with van der Waals surface area (Å²) < 4.78 is 75.9. The van der Waals surface area contributed by atoms with Crippen LogP contribution < -0.4 is 9.62 Å². The minimum absolute atomic E-state index is 0.165. The number of amides is 1. The van der Waals surface area contributed by atoms with E-state index in [9.17, 15) is 26.4 Å². The molecule has 3 heterocycles. The number of aromatic nitrogens is 2. The lowest BCUT2D eigenvalue weighted by Crippen LogP contribution is -2.25. The Balaban J connectivity index is 1.64. The van der Waals surface area contributed by atoms with E-state index in [0.717, 1.165) is 16.6 Å². The van der Waals surface area contributed by atoms with Crippen molar-refractivity contribution >= 4 is 43.6 Å². The number of fused-ring (bicyclic) bond motifs is 2. The molecular weight excluding hydrogens is 581 g/mol. The van der Waals surface area contributed by atoms with Gasteiger partial charge in [-0.1, -0.05) is 0 Å². The predicted octanol–water partition coefficient (Wildman–Crippen LogP) is 6.28. The van der Waals surface area contributed by atoms with Crippen LogP contribution in [0.15, 0.2) is 83.4 Å². The molecule has 0 spiro atoms. The lowest BCUT2D eigenvalue weighted by molar-refractivity contribution is 0.0964. The topological polar surface area (TPSA) is 97.4 Å². The lowest BCUT2D eigenvalue weighted by Gasteiger charge is -2.20. The summed E-state index contributed by atoms with van der Waals surface area (Å²) in [5, 5.41) is 3.63. The second-order valence-corrected chi connectivity index (χ2v) is 11.9. The first-order chi connectivity index (χ1) is 20.4. The highest BCUT2D eigenvalue weighted by atomic mass is 32.2. The second-order valence-electron chi connectivity index (χ2n) is 9.91. The Morgan fingerprint density at radius 2 is 1.63 bits per heavy atom. The second kappa shape index (κ2) is 10.3. The average Bonchev–Trinajstić information content (AvgIpc) is 3.56. The van der Waals surface area contributed by atoms with Gasteiger partial charge >= 0.3 is 0 Å². The van der Waals surface area contributed by atoms with Crippen molar-refractivity contribution in [1.29, 1.82) is 0 Å². The van der Waals surface area contributed by atoms with E-state index in [-0.39, 0.29) is 28.3 Å². The van der Waals surface area contributed by atoms with Crippen molar-refractivity contribution in [3.8, 4) is 28.3 Å². The molecule has 0 unspecified atom stereocenters. The minimum Gasteiger partial charge on any atom is -0.455 e. The van der Waals surface area contributed by atoms with Gasteiger partial charge in [0, 0.05) is 54.3 Å². The van der Waals surface area contributed by atoms with Gasteiger partial charge in [0.15, 0.2) is 0 Å². The van der Waals surface area contributed by atoms with Gasteiger partial charge in [0.2, 0.25) is 10.0 Å². The Morgan fingerprint density at radius 1 is 0.930 bits per heavy atom. The van der Waals surface area contributed by atoms with Crippen molar-refractivity contribution in [2.24, 2.45) is 0 Å². The molecule has 12 heteroatoms. The highest BCUT2D eigenvalue weighted by Gasteiger charge is 2.26. The maximum absolute atomic E-state index is 14.0. The molecule has 8 nitrogen and oxygen atoms in total. The Bertz CT molecular complexity index is 2150. The van der Waals surface area contributed by atoms with E-state index in [1.54, 1.807) is 30.5 Å². The summed E-state index contributed by atoms with van der Waals surface area (Å²) >= 11 is 0. The van der Waals surface area contributed by atoms with Crippen molar-refractivity contribution in [3.63, 3.8) is 0 Å². The summed E-state index contributed by atoms with van der Waals surface area (Å²) in [5.41, 5.74) is 2.27. The third-order valence-electron chi connectivity index (χ3n) is 7.14. The van der Waals surface area contributed by atoms with Crippen LogP contribution in [0.1, 0.15) is 10.4 Å². The molecule has 1 N–H and O–H groups in total. The van der Waals surface area contributed by atoms with E-state index in [1.807, 2.05) is 0 Å². The van der Waals surface area contributed by atoms with E-state index >= 15 is 0 Å². The number of rotatable bonds is 6. The van der Waals surface area contributed by atoms with E-state index in [2.05, 4.69) is 5.32 Å². The normalized spacial score (nSPS) is 11.8. The van der Waals surface area contributed by atoms with Crippen molar-refractivity contribution in [2.45, 2.75) is 0 Å². The molecule has 0 fully saturated rings. The van der Waals surface area contributed by atoms with Crippen molar-refractivity contribution in [1.82, 2.24) is 14.9 Å².